The summed E-state index contributed by atoms with van der Waals surface area (Å²) in [5.41, 5.74) is 1.34. The van der Waals surface area contributed by atoms with E-state index in [2.05, 4.69) is 14.1 Å². The summed E-state index contributed by atoms with van der Waals surface area (Å²) in [6.07, 6.45) is 0. The summed E-state index contributed by atoms with van der Waals surface area (Å²) in [6, 6.07) is 6.98. The fourth-order valence-corrected chi connectivity index (χ4v) is 2.57. The Kier molecular flexibility index (Phi) is 3.36. The van der Waals surface area contributed by atoms with Gasteiger partial charge in [-0.15, -0.1) is 0 Å². The highest BCUT2D eigenvalue weighted by Gasteiger charge is 2.17. The van der Waals surface area contributed by atoms with Gasteiger partial charge >= 0.3 is 0 Å². The monoisotopic (exact) mass is 321 g/mol. The van der Waals surface area contributed by atoms with Gasteiger partial charge in [-0.05, 0) is 30.3 Å². The summed E-state index contributed by atoms with van der Waals surface area (Å²) in [4.78, 5) is 12.2. The average molecular weight is 322 g/mol. The van der Waals surface area contributed by atoms with Crippen LogP contribution in [0.3, 0.4) is 0 Å². The predicted molar refractivity (Wildman–Crippen MR) is 80.1 cm³/mol. The molecule has 106 valence electrons. The number of hydrogen-bond donors (Lipinski definition) is 3. The molecule has 1 amide bonds. The van der Waals surface area contributed by atoms with E-state index in [1.807, 2.05) is 0 Å². The lowest BCUT2D eigenvalue weighted by Gasteiger charge is -2.09. The molecule has 21 heavy (non-hydrogen) atoms. The molecule has 8 heteroatoms. The van der Waals surface area contributed by atoms with Crippen molar-refractivity contribution in [2.75, 3.05) is 5.32 Å². The van der Waals surface area contributed by atoms with Crippen molar-refractivity contribution in [3.05, 3.63) is 40.9 Å². The standard InChI is InChI=1S/C13H8ClN3O3S/c14-8-2-3-9-12(17-21-16-9)11(8)15-13(20)7-5-6(18)1-4-10(7)19/h1-5,18-19H,(H,15,20). The van der Waals surface area contributed by atoms with Crippen molar-refractivity contribution in [3.8, 4) is 11.5 Å². The second kappa shape index (κ2) is 5.19. The van der Waals surface area contributed by atoms with Gasteiger partial charge in [-0.3, -0.25) is 4.79 Å². The predicted octanol–water partition coefficient (Wildman–Crippen LogP) is 3.01. The maximum absolute atomic E-state index is 12.2. The third-order valence-electron chi connectivity index (χ3n) is 2.84. The first-order valence-electron chi connectivity index (χ1n) is 5.80. The molecule has 0 unspecified atom stereocenters. The van der Waals surface area contributed by atoms with Gasteiger partial charge in [-0.25, -0.2) is 0 Å². The lowest BCUT2D eigenvalue weighted by Crippen LogP contribution is -2.12. The molecule has 0 radical (unpaired) electrons. The molecule has 3 rings (SSSR count). The molecule has 1 aromatic heterocycles. The van der Waals surface area contributed by atoms with Crippen molar-refractivity contribution < 1.29 is 15.0 Å². The smallest absolute Gasteiger partial charge is 0.259 e. The number of aromatic nitrogens is 2. The molecule has 0 aliphatic heterocycles. The van der Waals surface area contributed by atoms with Gasteiger partial charge in [0, 0.05) is 0 Å². The lowest BCUT2D eigenvalue weighted by molar-refractivity contribution is 0.102. The molecule has 0 spiro atoms. The lowest BCUT2D eigenvalue weighted by atomic mass is 10.1. The normalized spacial score (nSPS) is 10.7. The number of nitrogens with zero attached hydrogens (tertiary/aromatic N) is 2. The van der Waals surface area contributed by atoms with Crippen molar-refractivity contribution in [2.45, 2.75) is 0 Å². The Labute approximate surface area is 128 Å². The minimum Gasteiger partial charge on any atom is -0.508 e. The second-order valence-corrected chi connectivity index (χ2v) is 5.15. The van der Waals surface area contributed by atoms with Crippen LogP contribution in [0, 0.1) is 0 Å². The van der Waals surface area contributed by atoms with Gasteiger partial charge in [0.05, 0.1) is 28.0 Å². The molecule has 0 aliphatic rings. The van der Waals surface area contributed by atoms with Gasteiger partial charge in [0.1, 0.15) is 22.5 Å². The number of rotatable bonds is 2. The number of fused-ring (bicyclic) bond motifs is 1. The molecule has 3 N–H and O–H groups in total. The maximum Gasteiger partial charge on any atom is 0.259 e. The Balaban J connectivity index is 2.02. The maximum atomic E-state index is 12.2. The molecule has 6 nitrogen and oxygen atoms in total. The zero-order valence-corrected chi connectivity index (χ0v) is 11.9. The van der Waals surface area contributed by atoms with Crippen LogP contribution in [0.4, 0.5) is 5.69 Å². The van der Waals surface area contributed by atoms with E-state index in [0.717, 1.165) is 17.8 Å². The summed E-state index contributed by atoms with van der Waals surface area (Å²) in [7, 11) is 0. The number of phenols is 2. The number of benzene rings is 2. The SMILES string of the molecule is O=C(Nc1c(Cl)ccc2nsnc12)c1cc(O)ccc1O. The topological polar surface area (TPSA) is 95.3 Å². The van der Waals surface area contributed by atoms with Crippen molar-refractivity contribution in [2.24, 2.45) is 0 Å². The number of hydrogen-bond acceptors (Lipinski definition) is 6. The molecule has 0 bridgehead atoms. The number of nitrogens with one attached hydrogen (secondary N) is 1. The summed E-state index contributed by atoms with van der Waals surface area (Å²) in [6.45, 7) is 0. The fourth-order valence-electron chi connectivity index (χ4n) is 1.83. The van der Waals surface area contributed by atoms with Gasteiger partial charge < -0.3 is 15.5 Å². The molecule has 0 aliphatic carbocycles. The first-order valence-corrected chi connectivity index (χ1v) is 6.91. The number of anilines is 1. The number of amides is 1. The first-order chi connectivity index (χ1) is 10.1. The highest BCUT2D eigenvalue weighted by atomic mass is 35.5. The summed E-state index contributed by atoms with van der Waals surface area (Å²) in [5, 5.41) is 22.0. The second-order valence-electron chi connectivity index (χ2n) is 4.21. The fraction of sp³-hybridized carbons (Fsp3) is 0. The van der Waals surface area contributed by atoms with Gasteiger partial charge in [0.15, 0.2) is 0 Å². The van der Waals surface area contributed by atoms with E-state index in [1.54, 1.807) is 12.1 Å². The molecule has 1 heterocycles. The molecular weight excluding hydrogens is 314 g/mol. The summed E-state index contributed by atoms with van der Waals surface area (Å²) >= 11 is 7.08. The van der Waals surface area contributed by atoms with Crippen LogP contribution in [-0.2, 0) is 0 Å². The van der Waals surface area contributed by atoms with E-state index in [0.29, 0.717) is 21.7 Å². The minimum atomic E-state index is -0.606. The van der Waals surface area contributed by atoms with Crippen LogP contribution in [0.25, 0.3) is 11.0 Å². The van der Waals surface area contributed by atoms with Crippen LogP contribution in [0.5, 0.6) is 11.5 Å². The van der Waals surface area contributed by atoms with E-state index < -0.39 is 5.91 Å². The number of carbonyl (C=O) groups is 1. The summed E-state index contributed by atoms with van der Waals surface area (Å²) < 4.78 is 8.15. The number of halogens is 1. The van der Waals surface area contributed by atoms with Crippen LogP contribution in [0.15, 0.2) is 30.3 Å². The van der Waals surface area contributed by atoms with Crippen LogP contribution in [-0.4, -0.2) is 24.9 Å². The molecule has 2 aromatic carbocycles. The van der Waals surface area contributed by atoms with Crippen molar-refractivity contribution in [3.63, 3.8) is 0 Å². The molecule has 0 saturated carbocycles. The Morgan fingerprint density at radius 2 is 2.00 bits per heavy atom. The van der Waals surface area contributed by atoms with Crippen LogP contribution >= 0.6 is 23.3 Å². The number of phenolic OH excluding ortho intramolecular Hbond substituents is 2. The van der Waals surface area contributed by atoms with E-state index in [4.69, 9.17) is 11.6 Å². The Morgan fingerprint density at radius 1 is 1.19 bits per heavy atom. The Morgan fingerprint density at radius 3 is 2.81 bits per heavy atom. The summed E-state index contributed by atoms with van der Waals surface area (Å²) in [5.74, 6) is -0.978. The minimum absolute atomic E-state index is 0.0636. The van der Waals surface area contributed by atoms with Crippen molar-refractivity contribution in [1.29, 1.82) is 0 Å². The largest absolute Gasteiger partial charge is 0.508 e. The third-order valence-corrected chi connectivity index (χ3v) is 3.70. The molecule has 3 aromatic rings. The van der Waals surface area contributed by atoms with E-state index in [1.165, 1.54) is 12.1 Å². The number of carbonyl (C=O) groups excluding carboxylic acids is 1. The zero-order chi connectivity index (χ0) is 15.0. The average Bonchev–Trinajstić information content (AvgIpc) is 2.93. The third kappa shape index (κ3) is 2.48. The van der Waals surface area contributed by atoms with E-state index >= 15 is 0 Å². The zero-order valence-electron chi connectivity index (χ0n) is 10.4. The molecular formula is C13H8ClN3O3S. The highest BCUT2D eigenvalue weighted by Crippen LogP contribution is 2.31. The van der Waals surface area contributed by atoms with Gasteiger partial charge in [0.25, 0.3) is 5.91 Å². The molecule has 0 saturated heterocycles. The number of aromatic hydroxyl groups is 2. The highest BCUT2D eigenvalue weighted by molar-refractivity contribution is 7.00. The van der Waals surface area contributed by atoms with Crippen LogP contribution in [0.1, 0.15) is 10.4 Å². The van der Waals surface area contributed by atoms with Gasteiger partial charge in [-0.2, -0.15) is 8.75 Å². The van der Waals surface area contributed by atoms with Crippen LogP contribution < -0.4 is 5.32 Å². The van der Waals surface area contributed by atoms with Gasteiger partial charge in [0.2, 0.25) is 0 Å². The van der Waals surface area contributed by atoms with Gasteiger partial charge in [-0.1, -0.05) is 11.6 Å². The van der Waals surface area contributed by atoms with Crippen LogP contribution in [0.2, 0.25) is 5.02 Å². The van der Waals surface area contributed by atoms with Crippen molar-refractivity contribution >= 4 is 46.0 Å². The molecule has 0 atom stereocenters. The van der Waals surface area contributed by atoms with E-state index in [9.17, 15) is 15.0 Å². The Bertz CT molecular complexity index is 850. The quantitative estimate of drug-likeness (QED) is 0.631. The van der Waals surface area contributed by atoms with Crippen molar-refractivity contribution in [1.82, 2.24) is 8.75 Å². The Hall–Kier alpha value is -2.38. The molecule has 0 fully saturated rings. The first kappa shape index (κ1) is 13.6. The van der Waals surface area contributed by atoms with E-state index in [-0.39, 0.29) is 17.1 Å².